The Balaban J connectivity index is 1.85. The van der Waals surface area contributed by atoms with Gasteiger partial charge in [-0.25, -0.2) is 4.98 Å². The average Bonchev–Trinajstić information content (AvgIpc) is 2.76. The molecule has 0 bridgehead atoms. The number of nitrogens with zero attached hydrogens (tertiary/aromatic N) is 3. The first kappa shape index (κ1) is 26.6. The molecule has 34 heavy (non-hydrogen) atoms. The highest BCUT2D eigenvalue weighted by Gasteiger charge is 2.19. The number of ether oxygens (including phenoxy) is 3. The van der Waals surface area contributed by atoms with Gasteiger partial charge in [0.05, 0.1) is 38.0 Å². The molecule has 1 aromatic heterocycles. The van der Waals surface area contributed by atoms with Crippen LogP contribution in [0, 0.1) is 0 Å². The summed E-state index contributed by atoms with van der Waals surface area (Å²) in [4.78, 5) is 54.3. The molecular weight excluding hydrogens is 444 g/mol. The second kappa shape index (κ2) is 11.5. The highest BCUT2D eigenvalue weighted by atomic mass is 16.5. The monoisotopic (exact) mass is 476 g/mol. The Morgan fingerprint density at radius 2 is 1.76 bits per heavy atom. The summed E-state index contributed by atoms with van der Waals surface area (Å²) in [6, 6.07) is 3.19. The van der Waals surface area contributed by atoms with E-state index < -0.39 is 24.0 Å². The number of rotatable bonds is 10. The zero-order chi connectivity index (χ0) is 25.5. The summed E-state index contributed by atoms with van der Waals surface area (Å²) in [7, 11) is 4.44. The molecule has 186 valence electrons. The molecule has 0 atom stereocenters. The number of methoxy groups -OCH3 is 2. The van der Waals surface area contributed by atoms with Crippen LogP contribution >= 0.6 is 0 Å². The third-order valence-electron chi connectivity index (χ3n) is 4.79. The van der Waals surface area contributed by atoms with Crippen molar-refractivity contribution in [2.45, 2.75) is 45.7 Å². The maximum absolute atomic E-state index is 12.8. The van der Waals surface area contributed by atoms with Crippen molar-refractivity contribution in [2.75, 3.05) is 34.4 Å². The van der Waals surface area contributed by atoms with Gasteiger partial charge in [-0.2, -0.15) is 0 Å². The molecule has 0 radical (unpaired) electrons. The highest BCUT2D eigenvalue weighted by molar-refractivity contribution is 5.86. The maximum atomic E-state index is 12.8. The first-order chi connectivity index (χ1) is 15.9. The minimum absolute atomic E-state index is 0.0118. The molecule has 11 heteroatoms. The Hall–Kier alpha value is -3.63. The van der Waals surface area contributed by atoms with Gasteiger partial charge >= 0.3 is 5.97 Å². The van der Waals surface area contributed by atoms with Gasteiger partial charge in [0, 0.05) is 31.6 Å². The first-order valence-electron chi connectivity index (χ1n) is 10.8. The minimum atomic E-state index is -0.575. The number of benzene rings is 1. The fraction of sp³-hybridized carbons (Fsp3) is 0.522. The van der Waals surface area contributed by atoms with Crippen molar-refractivity contribution in [3.05, 3.63) is 28.8 Å². The van der Waals surface area contributed by atoms with E-state index >= 15 is 0 Å². The van der Waals surface area contributed by atoms with E-state index in [9.17, 15) is 19.2 Å². The van der Waals surface area contributed by atoms with Gasteiger partial charge in [-0.1, -0.05) is 0 Å². The standard InChI is InChI=1S/C23H32N4O7/c1-23(2,3)25-19(28)12-26(4)20(29)13-34-21(30)8-7-9-27-14-24-16-11-18(33-6)17(32-5)10-15(16)22(27)31/h10-11,14H,7-9,12-13H2,1-6H3,(H,25,28). The van der Waals surface area contributed by atoms with Crippen LogP contribution in [-0.2, 0) is 25.7 Å². The number of likely N-dealkylation sites (N-methyl/N-ethyl adjacent to an activating group) is 1. The normalized spacial score (nSPS) is 11.1. The van der Waals surface area contributed by atoms with Crippen LogP contribution in [0.1, 0.15) is 33.6 Å². The first-order valence-corrected chi connectivity index (χ1v) is 10.8. The molecule has 0 aliphatic heterocycles. The Labute approximate surface area is 198 Å². The highest BCUT2D eigenvalue weighted by Crippen LogP contribution is 2.29. The molecule has 2 rings (SSSR count). The van der Waals surface area contributed by atoms with Gasteiger partial charge in [-0.3, -0.25) is 23.7 Å². The minimum Gasteiger partial charge on any atom is -0.493 e. The van der Waals surface area contributed by atoms with Crippen LogP contribution in [0.25, 0.3) is 10.9 Å². The molecule has 0 spiro atoms. The second-order valence-corrected chi connectivity index (χ2v) is 8.78. The van der Waals surface area contributed by atoms with Crippen molar-refractivity contribution >= 4 is 28.7 Å². The summed E-state index contributed by atoms with van der Waals surface area (Å²) in [5.74, 6) is -0.482. The lowest BCUT2D eigenvalue weighted by Gasteiger charge is -2.23. The number of aromatic nitrogens is 2. The van der Waals surface area contributed by atoms with Gasteiger partial charge in [0.1, 0.15) is 0 Å². The van der Waals surface area contributed by atoms with E-state index in [0.29, 0.717) is 28.8 Å². The van der Waals surface area contributed by atoms with Crippen LogP contribution in [0.3, 0.4) is 0 Å². The average molecular weight is 477 g/mol. The van der Waals surface area contributed by atoms with E-state index in [-0.39, 0.29) is 31.0 Å². The number of hydrogen-bond acceptors (Lipinski definition) is 8. The fourth-order valence-corrected chi connectivity index (χ4v) is 3.12. The summed E-state index contributed by atoms with van der Waals surface area (Å²) in [5, 5.41) is 3.12. The van der Waals surface area contributed by atoms with Gasteiger partial charge in [0.2, 0.25) is 5.91 Å². The van der Waals surface area contributed by atoms with Crippen molar-refractivity contribution in [1.82, 2.24) is 19.8 Å². The molecule has 2 aromatic rings. The SMILES string of the molecule is COc1cc2ncn(CCCC(=O)OCC(=O)N(C)CC(=O)NC(C)(C)C)c(=O)c2cc1OC. The second-order valence-electron chi connectivity index (χ2n) is 8.78. The Morgan fingerprint density at radius 3 is 2.38 bits per heavy atom. The van der Waals surface area contributed by atoms with E-state index in [1.165, 1.54) is 37.1 Å². The van der Waals surface area contributed by atoms with Gasteiger partial charge in [0.25, 0.3) is 11.5 Å². The van der Waals surface area contributed by atoms with Gasteiger partial charge in [-0.15, -0.1) is 0 Å². The predicted molar refractivity (Wildman–Crippen MR) is 125 cm³/mol. The van der Waals surface area contributed by atoms with Crippen molar-refractivity contribution in [2.24, 2.45) is 0 Å². The van der Waals surface area contributed by atoms with E-state index in [0.717, 1.165) is 0 Å². The third-order valence-corrected chi connectivity index (χ3v) is 4.79. The summed E-state index contributed by atoms with van der Waals surface area (Å²) in [6.45, 7) is 5.16. The number of fused-ring (bicyclic) bond motifs is 1. The Morgan fingerprint density at radius 1 is 1.12 bits per heavy atom. The number of amides is 2. The lowest BCUT2D eigenvalue weighted by molar-refractivity contribution is -0.152. The number of aryl methyl sites for hydroxylation is 1. The molecule has 11 nitrogen and oxygen atoms in total. The number of hydrogen-bond donors (Lipinski definition) is 1. The molecule has 1 heterocycles. The van der Waals surface area contributed by atoms with Crippen LogP contribution in [0.4, 0.5) is 0 Å². The summed E-state index contributed by atoms with van der Waals surface area (Å²) in [5.41, 5.74) is -0.212. The van der Waals surface area contributed by atoms with Crippen molar-refractivity contribution in [1.29, 1.82) is 0 Å². The molecule has 0 saturated heterocycles. The number of carbonyl (C=O) groups is 3. The molecule has 0 unspecified atom stereocenters. The van der Waals surface area contributed by atoms with Crippen molar-refractivity contribution < 1.29 is 28.6 Å². The topological polar surface area (TPSA) is 129 Å². The van der Waals surface area contributed by atoms with Gasteiger partial charge in [0.15, 0.2) is 18.1 Å². The molecule has 0 saturated carbocycles. The third kappa shape index (κ3) is 7.46. The molecule has 0 fully saturated rings. The Bertz CT molecular complexity index is 1100. The fourth-order valence-electron chi connectivity index (χ4n) is 3.12. The van der Waals surface area contributed by atoms with Crippen LogP contribution in [0.15, 0.2) is 23.3 Å². The lowest BCUT2D eigenvalue weighted by atomic mass is 10.1. The zero-order valence-electron chi connectivity index (χ0n) is 20.5. The maximum Gasteiger partial charge on any atom is 0.306 e. The van der Waals surface area contributed by atoms with E-state index in [1.54, 1.807) is 12.1 Å². The Kier molecular flexibility index (Phi) is 8.99. The quantitative estimate of drug-likeness (QED) is 0.505. The largest absolute Gasteiger partial charge is 0.493 e. The van der Waals surface area contributed by atoms with E-state index in [2.05, 4.69) is 10.3 Å². The van der Waals surface area contributed by atoms with Crippen molar-refractivity contribution in [3.63, 3.8) is 0 Å². The summed E-state index contributed by atoms with van der Waals surface area (Å²) in [6.07, 6.45) is 1.73. The van der Waals surface area contributed by atoms with Gasteiger partial charge in [-0.05, 0) is 33.3 Å². The summed E-state index contributed by atoms with van der Waals surface area (Å²) >= 11 is 0. The van der Waals surface area contributed by atoms with Crippen molar-refractivity contribution in [3.8, 4) is 11.5 Å². The molecule has 0 aliphatic carbocycles. The predicted octanol–water partition coefficient (Wildman–Crippen LogP) is 1.11. The molecule has 2 amide bonds. The summed E-state index contributed by atoms with van der Waals surface area (Å²) < 4.78 is 16.9. The zero-order valence-corrected chi connectivity index (χ0v) is 20.5. The number of esters is 1. The molecule has 1 aromatic carbocycles. The van der Waals surface area contributed by atoms with Crippen LogP contribution in [0.5, 0.6) is 11.5 Å². The van der Waals surface area contributed by atoms with Crippen LogP contribution in [-0.4, -0.2) is 72.2 Å². The lowest BCUT2D eigenvalue weighted by Crippen LogP contribution is -2.46. The van der Waals surface area contributed by atoms with E-state index in [4.69, 9.17) is 14.2 Å². The van der Waals surface area contributed by atoms with Crippen LogP contribution < -0.4 is 20.3 Å². The number of nitrogens with one attached hydrogen (secondary N) is 1. The number of carbonyl (C=O) groups excluding carboxylic acids is 3. The van der Waals surface area contributed by atoms with E-state index in [1.807, 2.05) is 20.8 Å². The van der Waals surface area contributed by atoms with Gasteiger partial charge < -0.3 is 24.4 Å². The molecular formula is C23H32N4O7. The van der Waals surface area contributed by atoms with Crippen LogP contribution in [0.2, 0.25) is 0 Å². The molecule has 0 aliphatic rings. The smallest absolute Gasteiger partial charge is 0.306 e. The molecule has 1 N–H and O–H groups in total.